The normalized spacial score (nSPS) is 30.0. The lowest BCUT2D eigenvalue weighted by Gasteiger charge is -2.41. The average Bonchev–Trinajstić information content (AvgIpc) is 3.16. The predicted molar refractivity (Wildman–Crippen MR) is 89.0 cm³/mol. The summed E-state index contributed by atoms with van der Waals surface area (Å²) in [5, 5.41) is 0. The number of carbonyl (C=O) groups is 2. The second kappa shape index (κ2) is 6.42. The Bertz CT molecular complexity index is 684. The summed E-state index contributed by atoms with van der Waals surface area (Å²) in [6.45, 7) is 4.20. The molecule has 3 heterocycles. The number of rotatable bonds is 2. The third-order valence-corrected chi connectivity index (χ3v) is 5.31. The van der Waals surface area contributed by atoms with E-state index in [0.29, 0.717) is 38.3 Å². The fraction of sp³-hybridized carbons (Fsp3) is 0.579. The first-order chi connectivity index (χ1) is 12.1. The minimum Gasteiger partial charge on any atom is -0.445 e. The van der Waals surface area contributed by atoms with Crippen LogP contribution in [0.2, 0.25) is 0 Å². The Labute approximate surface area is 147 Å². The Balaban J connectivity index is 1.51. The van der Waals surface area contributed by atoms with Gasteiger partial charge in [-0.05, 0) is 31.4 Å². The first kappa shape index (κ1) is 16.5. The summed E-state index contributed by atoms with van der Waals surface area (Å²) in [6, 6.07) is 7.32. The molecule has 1 aromatic carbocycles. The van der Waals surface area contributed by atoms with Crippen LogP contribution in [0.3, 0.4) is 0 Å². The van der Waals surface area contributed by atoms with Crippen LogP contribution in [0.1, 0.15) is 35.7 Å². The topological polar surface area (TPSA) is 65.1 Å². The molecular formula is C19H23NO5. The van der Waals surface area contributed by atoms with Gasteiger partial charge >= 0.3 is 5.97 Å². The molecule has 25 heavy (non-hydrogen) atoms. The number of hydrogen-bond donors (Lipinski definition) is 0. The molecule has 0 radical (unpaired) electrons. The van der Waals surface area contributed by atoms with Crippen LogP contribution in [0, 0.1) is 5.92 Å². The summed E-state index contributed by atoms with van der Waals surface area (Å²) >= 11 is 0. The Morgan fingerprint density at radius 2 is 2.00 bits per heavy atom. The van der Waals surface area contributed by atoms with Crippen LogP contribution in [0.15, 0.2) is 24.3 Å². The molecule has 2 unspecified atom stereocenters. The first-order valence-corrected chi connectivity index (χ1v) is 8.91. The minimum absolute atomic E-state index is 0.127. The number of hydrogen-bond acceptors (Lipinski definition) is 5. The molecule has 2 fully saturated rings. The van der Waals surface area contributed by atoms with Crippen molar-refractivity contribution >= 4 is 11.9 Å². The van der Waals surface area contributed by atoms with Gasteiger partial charge in [0, 0.05) is 25.4 Å². The highest BCUT2D eigenvalue weighted by molar-refractivity contribution is 5.97. The Kier molecular flexibility index (Phi) is 4.25. The SMILES string of the molecule is CC1(C(=O)N2CCCC(C3OCCO3)C2)Cc2ccccc2C(=O)O1. The van der Waals surface area contributed by atoms with E-state index in [2.05, 4.69) is 0 Å². The van der Waals surface area contributed by atoms with Gasteiger partial charge in [0.25, 0.3) is 5.91 Å². The number of amides is 1. The third kappa shape index (κ3) is 3.04. The highest BCUT2D eigenvalue weighted by Gasteiger charge is 2.46. The van der Waals surface area contributed by atoms with Crippen molar-refractivity contribution in [3.8, 4) is 0 Å². The fourth-order valence-corrected chi connectivity index (χ4v) is 4.05. The number of fused-ring (bicyclic) bond motifs is 1. The molecule has 4 rings (SSSR count). The molecule has 134 valence electrons. The number of benzene rings is 1. The second-order valence-corrected chi connectivity index (χ2v) is 7.22. The summed E-state index contributed by atoms with van der Waals surface area (Å²) in [5.41, 5.74) is 0.271. The molecule has 0 bridgehead atoms. The van der Waals surface area contributed by atoms with Crippen LogP contribution in [-0.2, 0) is 25.4 Å². The monoisotopic (exact) mass is 345 g/mol. The van der Waals surface area contributed by atoms with Crippen molar-refractivity contribution in [3.63, 3.8) is 0 Å². The van der Waals surface area contributed by atoms with Crippen molar-refractivity contribution in [2.75, 3.05) is 26.3 Å². The molecule has 3 aliphatic heterocycles. The van der Waals surface area contributed by atoms with Gasteiger partial charge in [0.2, 0.25) is 0 Å². The van der Waals surface area contributed by atoms with Crippen molar-refractivity contribution < 1.29 is 23.8 Å². The molecule has 1 aromatic rings. The number of esters is 1. The zero-order valence-electron chi connectivity index (χ0n) is 14.4. The van der Waals surface area contributed by atoms with Crippen LogP contribution in [0.25, 0.3) is 0 Å². The highest BCUT2D eigenvalue weighted by atomic mass is 16.7. The molecule has 2 saturated heterocycles. The lowest BCUT2D eigenvalue weighted by Crippen LogP contribution is -2.56. The van der Waals surface area contributed by atoms with Crippen molar-refractivity contribution in [3.05, 3.63) is 35.4 Å². The predicted octanol–water partition coefficient (Wildman–Crippen LogP) is 1.77. The number of nitrogens with zero attached hydrogens (tertiary/aromatic N) is 1. The van der Waals surface area contributed by atoms with Crippen LogP contribution < -0.4 is 0 Å². The van der Waals surface area contributed by atoms with Gasteiger partial charge in [-0.3, -0.25) is 4.79 Å². The lowest BCUT2D eigenvalue weighted by atomic mass is 9.87. The molecule has 1 amide bonds. The lowest BCUT2D eigenvalue weighted by molar-refractivity contribution is -0.157. The van der Waals surface area contributed by atoms with E-state index < -0.39 is 11.6 Å². The quantitative estimate of drug-likeness (QED) is 0.765. The highest BCUT2D eigenvalue weighted by Crippen LogP contribution is 2.32. The third-order valence-electron chi connectivity index (χ3n) is 5.31. The van der Waals surface area contributed by atoms with E-state index in [1.54, 1.807) is 24.0 Å². The zero-order valence-corrected chi connectivity index (χ0v) is 14.4. The average molecular weight is 345 g/mol. The number of piperidine rings is 1. The molecule has 0 saturated carbocycles. The van der Waals surface area contributed by atoms with Gasteiger partial charge in [-0.2, -0.15) is 0 Å². The molecule has 0 aromatic heterocycles. The van der Waals surface area contributed by atoms with Gasteiger partial charge in [-0.1, -0.05) is 18.2 Å². The van der Waals surface area contributed by atoms with Crippen LogP contribution >= 0.6 is 0 Å². The van der Waals surface area contributed by atoms with Crippen molar-refractivity contribution in [1.29, 1.82) is 0 Å². The van der Waals surface area contributed by atoms with Crippen molar-refractivity contribution in [1.82, 2.24) is 4.90 Å². The molecule has 0 aliphatic carbocycles. The van der Waals surface area contributed by atoms with Crippen LogP contribution in [0.5, 0.6) is 0 Å². The fourth-order valence-electron chi connectivity index (χ4n) is 4.05. The summed E-state index contributed by atoms with van der Waals surface area (Å²) < 4.78 is 16.8. The van der Waals surface area contributed by atoms with Crippen molar-refractivity contribution in [2.24, 2.45) is 5.92 Å². The molecule has 3 aliphatic rings. The number of ether oxygens (including phenoxy) is 3. The van der Waals surface area contributed by atoms with Gasteiger partial charge in [0.1, 0.15) is 0 Å². The summed E-state index contributed by atoms with van der Waals surface area (Å²) in [4.78, 5) is 27.3. The van der Waals surface area contributed by atoms with E-state index in [-0.39, 0.29) is 18.1 Å². The first-order valence-electron chi connectivity index (χ1n) is 8.91. The maximum Gasteiger partial charge on any atom is 0.339 e. The summed E-state index contributed by atoms with van der Waals surface area (Å²) in [6.07, 6.45) is 2.07. The standard InChI is InChI=1S/C19H23NO5/c1-19(11-13-5-2-3-7-15(13)16(21)25-19)18(22)20-8-4-6-14(12-20)17-23-9-10-24-17/h2-3,5,7,14,17H,4,6,8-12H2,1H3. The van der Waals surface area contributed by atoms with E-state index in [0.717, 1.165) is 18.4 Å². The zero-order chi connectivity index (χ0) is 17.4. The molecule has 6 nitrogen and oxygen atoms in total. The molecule has 6 heteroatoms. The second-order valence-electron chi connectivity index (χ2n) is 7.22. The maximum atomic E-state index is 13.2. The maximum absolute atomic E-state index is 13.2. The van der Waals surface area contributed by atoms with Crippen molar-refractivity contribution in [2.45, 2.75) is 38.1 Å². The Morgan fingerprint density at radius 1 is 1.24 bits per heavy atom. The van der Waals surface area contributed by atoms with E-state index >= 15 is 0 Å². The Morgan fingerprint density at radius 3 is 2.80 bits per heavy atom. The molecule has 0 N–H and O–H groups in total. The van der Waals surface area contributed by atoms with E-state index in [1.165, 1.54) is 0 Å². The van der Waals surface area contributed by atoms with Gasteiger partial charge in [-0.15, -0.1) is 0 Å². The van der Waals surface area contributed by atoms with Crippen LogP contribution in [-0.4, -0.2) is 55.0 Å². The molecular weight excluding hydrogens is 322 g/mol. The summed E-state index contributed by atoms with van der Waals surface area (Å²) in [5.74, 6) is -0.373. The number of cyclic esters (lactones) is 1. The largest absolute Gasteiger partial charge is 0.445 e. The van der Waals surface area contributed by atoms with E-state index in [9.17, 15) is 9.59 Å². The van der Waals surface area contributed by atoms with Gasteiger partial charge < -0.3 is 19.1 Å². The molecule has 2 atom stereocenters. The number of carbonyl (C=O) groups excluding carboxylic acids is 2. The van der Waals surface area contributed by atoms with E-state index in [1.807, 2.05) is 12.1 Å². The minimum atomic E-state index is -1.15. The van der Waals surface area contributed by atoms with Gasteiger partial charge in [-0.25, -0.2) is 4.79 Å². The smallest absolute Gasteiger partial charge is 0.339 e. The molecule has 0 spiro atoms. The summed E-state index contributed by atoms with van der Waals surface area (Å²) in [7, 11) is 0. The Hall–Kier alpha value is -1.92. The van der Waals surface area contributed by atoms with Gasteiger partial charge in [0.15, 0.2) is 11.9 Å². The van der Waals surface area contributed by atoms with E-state index in [4.69, 9.17) is 14.2 Å². The number of likely N-dealkylation sites (tertiary alicyclic amines) is 1. The van der Waals surface area contributed by atoms with Gasteiger partial charge in [0.05, 0.1) is 18.8 Å². The van der Waals surface area contributed by atoms with Crippen LogP contribution in [0.4, 0.5) is 0 Å².